The van der Waals surface area contributed by atoms with Crippen molar-refractivity contribution >= 4 is 16.6 Å². The van der Waals surface area contributed by atoms with E-state index < -0.39 is 0 Å². The molecule has 1 saturated carbocycles. The topological polar surface area (TPSA) is 43.7 Å². The Labute approximate surface area is 131 Å². The molecule has 1 aliphatic rings. The first-order valence-electron chi connectivity index (χ1n) is 7.84. The Morgan fingerprint density at radius 2 is 2.14 bits per heavy atom. The van der Waals surface area contributed by atoms with E-state index in [0.717, 1.165) is 35.9 Å². The number of nitrogens with zero attached hydrogens (tertiary/aromatic N) is 2. The van der Waals surface area contributed by atoms with Crippen molar-refractivity contribution in [3.63, 3.8) is 0 Å². The summed E-state index contributed by atoms with van der Waals surface area (Å²) in [6, 6.07) is 8.45. The number of aliphatic imine (C=N–C) groups is 1. The van der Waals surface area contributed by atoms with Crippen molar-refractivity contribution in [3.05, 3.63) is 36.0 Å². The SMILES string of the molecule is COCCCOc1cc(C(C)N=C2CC2)cc2cccnc12. The third-order valence-electron chi connectivity index (χ3n) is 3.77. The molecule has 0 N–H and O–H groups in total. The molecule has 1 aromatic carbocycles. The van der Waals surface area contributed by atoms with Gasteiger partial charge < -0.3 is 9.47 Å². The number of hydrogen-bond donors (Lipinski definition) is 0. The third-order valence-corrected chi connectivity index (χ3v) is 3.77. The molecule has 2 aromatic rings. The molecule has 0 aliphatic heterocycles. The van der Waals surface area contributed by atoms with E-state index in [1.165, 1.54) is 11.3 Å². The lowest BCUT2D eigenvalue weighted by atomic mass is 10.0. The van der Waals surface area contributed by atoms with Crippen molar-refractivity contribution in [3.8, 4) is 5.75 Å². The quantitative estimate of drug-likeness (QED) is 0.727. The van der Waals surface area contributed by atoms with Gasteiger partial charge in [0.2, 0.25) is 0 Å². The summed E-state index contributed by atoms with van der Waals surface area (Å²) in [7, 11) is 1.70. The summed E-state index contributed by atoms with van der Waals surface area (Å²) in [6.45, 7) is 3.47. The molecule has 0 amide bonds. The van der Waals surface area contributed by atoms with Crippen LogP contribution < -0.4 is 4.74 Å². The van der Waals surface area contributed by atoms with Gasteiger partial charge in [0.15, 0.2) is 0 Å². The second-order valence-corrected chi connectivity index (χ2v) is 5.66. The van der Waals surface area contributed by atoms with Crippen LogP contribution in [0.25, 0.3) is 10.9 Å². The van der Waals surface area contributed by atoms with Gasteiger partial charge in [0, 0.05) is 37.4 Å². The minimum absolute atomic E-state index is 0.170. The molecule has 1 aromatic heterocycles. The fraction of sp³-hybridized carbons (Fsp3) is 0.444. The summed E-state index contributed by atoms with van der Waals surface area (Å²) in [4.78, 5) is 9.20. The van der Waals surface area contributed by atoms with Gasteiger partial charge >= 0.3 is 0 Å². The van der Waals surface area contributed by atoms with Gasteiger partial charge in [-0.1, -0.05) is 6.07 Å². The van der Waals surface area contributed by atoms with E-state index in [4.69, 9.17) is 14.5 Å². The summed E-state index contributed by atoms with van der Waals surface area (Å²) in [5.74, 6) is 0.840. The van der Waals surface area contributed by atoms with E-state index >= 15 is 0 Å². The monoisotopic (exact) mass is 298 g/mol. The summed E-state index contributed by atoms with van der Waals surface area (Å²) in [6.07, 6.45) is 4.98. The Kier molecular flexibility index (Phi) is 4.68. The first kappa shape index (κ1) is 15.0. The number of methoxy groups -OCH3 is 1. The van der Waals surface area contributed by atoms with Gasteiger partial charge in [-0.2, -0.15) is 0 Å². The van der Waals surface area contributed by atoms with Crippen LogP contribution in [0.3, 0.4) is 0 Å². The Morgan fingerprint density at radius 3 is 2.91 bits per heavy atom. The van der Waals surface area contributed by atoms with E-state index in [2.05, 4.69) is 30.1 Å². The molecule has 0 bridgehead atoms. The summed E-state index contributed by atoms with van der Waals surface area (Å²) in [5, 5.41) is 1.10. The summed E-state index contributed by atoms with van der Waals surface area (Å²) >= 11 is 0. The zero-order valence-electron chi connectivity index (χ0n) is 13.2. The van der Waals surface area contributed by atoms with Crippen LogP contribution in [0.15, 0.2) is 35.5 Å². The third kappa shape index (κ3) is 3.63. The zero-order valence-corrected chi connectivity index (χ0v) is 13.2. The minimum atomic E-state index is 0.170. The number of benzene rings is 1. The first-order chi connectivity index (χ1) is 10.8. The van der Waals surface area contributed by atoms with Crippen LogP contribution in [0.2, 0.25) is 0 Å². The normalized spacial score (nSPS) is 14.9. The number of hydrogen-bond acceptors (Lipinski definition) is 4. The molecule has 0 saturated heterocycles. The number of fused-ring (bicyclic) bond motifs is 1. The van der Waals surface area contributed by atoms with Gasteiger partial charge in [0.1, 0.15) is 11.3 Å². The van der Waals surface area contributed by atoms with Gasteiger partial charge in [-0.15, -0.1) is 0 Å². The van der Waals surface area contributed by atoms with Crippen LogP contribution in [0.1, 0.15) is 37.8 Å². The first-order valence-corrected chi connectivity index (χ1v) is 7.84. The second-order valence-electron chi connectivity index (χ2n) is 5.66. The van der Waals surface area contributed by atoms with E-state index in [-0.39, 0.29) is 6.04 Å². The lowest BCUT2D eigenvalue weighted by molar-refractivity contribution is 0.172. The maximum atomic E-state index is 5.94. The molecule has 22 heavy (non-hydrogen) atoms. The molecule has 1 unspecified atom stereocenters. The number of pyridine rings is 1. The van der Waals surface area contributed by atoms with Gasteiger partial charge in [-0.05, 0) is 43.5 Å². The molecular weight excluding hydrogens is 276 g/mol. The van der Waals surface area contributed by atoms with Crippen LogP contribution >= 0.6 is 0 Å². The van der Waals surface area contributed by atoms with Crippen molar-refractivity contribution in [2.24, 2.45) is 4.99 Å². The number of ether oxygens (including phenoxy) is 2. The maximum absolute atomic E-state index is 5.94. The molecule has 1 fully saturated rings. The van der Waals surface area contributed by atoms with Crippen LogP contribution in [0.5, 0.6) is 5.75 Å². The standard InChI is InChI=1S/C18H22N2O2/c1-13(20-16-6-7-16)15-11-14-5-3-8-19-18(14)17(12-15)22-10-4-9-21-2/h3,5,8,11-13H,4,6-7,9-10H2,1-2H3. The molecule has 4 nitrogen and oxygen atoms in total. The van der Waals surface area contributed by atoms with Crippen molar-refractivity contribution in [2.45, 2.75) is 32.2 Å². The maximum Gasteiger partial charge on any atom is 0.145 e. The molecule has 3 rings (SSSR count). The number of aromatic nitrogens is 1. The fourth-order valence-corrected chi connectivity index (χ4v) is 2.45. The molecule has 1 atom stereocenters. The predicted molar refractivity (Wildman–Crippen MR) is 88.8 cm³/mol. The van der Waals surface area contributed by atoms with Crippen molar-refractivity contribution in [1.82, 2.24) is 4.98 Å². The fourth-order valence-electron chi connectivity index (χ4n) is 2.45. The van der Waals surface area contributed by atoms with E-state index in [0.29, 0.717) is 13.2 Å². The van der Waals surface area contributed by atoms with Gasteiger partial charge in [0.05, 0.1) is 12.6 Å². The lowest BCUT2D eigenvalue weighted by Crippen LogP contribution is -2.03. The van der Waals surface area contributed by atoms with Crippen molar-refractivity contribution in [1.29, 1.82) is 0 Å². The van der Waals surface area contributed by atoms with E-state index in [1.54, 1.807) is 13.3 Å². The highest BCUT2D eigenvalue weighted by Crippen LogP contribution is 2.31. The molecule has 0 spiro atoms. The average molecular weight is 298 g/mol. The number of rotatable bonds is 7. The van der Waals surface area contributed by atoms with Crippen LogP contribution in [0.4, 0.5) is 0 Å². The zero-order chi connectivity index (χ0) is 15.4. The molecule has 0 radical (unpaired) electrons. The van der Waals surface area contributed by atoms with Crippen LogP contribution in [0, 0.1) is 0 Å². The van der Waals surface area contributed by atoms with Gasteiger partial charge in [-0.3, -0.25) is 9.98 Å². The van der Waals surface area contributed by atoms with E-state index in [1.807, 2.05) is 6.07 Å². The lowest BCUT2D eigenvalue weighted by Gasteiger charge is -2.13. The molecule has 1 heterocycles. The Hall–Kier alpha value is -1.94. The van der Waals surface area contributed by atoms with Crippen molar-refractivity contribution in [2.75, 3.05) is 20.3 Å². The van der Waals surface area contributed by atoms with Gasteiger partial charge in [-0.25, -0.2) is 0 Å². The summed E-state index contributed by atoms with van der Waals surface area (Å²) in [5.41, 5.74) is 3.41. The van der Waals surface area contributed by atoms with Gasteiger partial charge in [0.25, 0.3) is 0 Å². The molecular formula is C18H22N2O2. The highest BCUT2D eigenvalue weighted by molar-refractivity contribution is 5.98. The predicted octanol–water partition coefficient (Wildman–Crippen LogP) is 3.95. The Morgan fingerprint density at radius 1 is 1.27 bits per heavy atom. The largest absolute Gasteiger partial charge is 0.491 e. The Balaban J connectivity index is 1.87. The molecule has 4 heteroatoms. The second kappa shape index (κ2) is 6.88. The smallest absolute Gasteiger partial charge is 0.145 e. The Bertz CT molecular complexity index is 676. The van der Waals surface area contributed by atoms with Crippen LogP contribution in [-0.2, 0) is 4.74 Å². The van der Waals surface area contributed by atoms with Crippen LogP contribution in [-0.4, -0.2) is 31.0 Å². The molecule has 116 valence electrons. The highest BCUT2D eigenvalue weighted by Gasteiger charge is 2.16. The van der Waals surface area contributed by atoms with E-state index in [9.17, 15) is 0 Å². The molecule has 1 aliphatic carbocycles. The summed E-state index contributed by atoms with van der Waals surface area (Å²) < 4.78 is 11.0. The highest BCUT2D eigenvalue weighted by atomic mass is 16.5. The van der Waals surface area contributed by atoms with Crippen molar-refractivity contribution < 1.29 is 9.47 Å². The minimum Gasteiger partial charge on any atom is -0.491 e. The average Bonchev–Trinajstić information content (AvgIpc) is 3.35.